The number of hydrogen-bond acceptors (Lipinski definition) is 4. The predicted octanol–water partition coefficient (Wildman–Crippen LogP) is 4.02. The van der Waals surface area contributed by atoms with E-state index in [1.54, 1.807) is 18.2 Å². The molecular formula is C27H23N5O2. The molecule has 7 nitrogen and oxygen atoms in total. The molecule has 0 atom stereocenters. The highest BCUT2D eigenvalue weighted by atomic mass is 16.1. The van der Waals surface area contributed by atoms with Crippen LogP contribution in [0.15, 0.2) is 95.9 Å². The maximum absolute atomic E-state index is 12.6. The van der Waals surface area contributed by atoms with Gasteiger partial charge in [-0.15, -0.1) is 0 Å². The zero-order chi connectivity index (χ0) is 23.3. The standard InChI is InChI=1S/C27H23N5O2/c33-25(16-15-24-29-23-14-8-7-13-22(23)27(34)30-24)28-17-20-18-32(21-11-5-2-6-12-21)31-26(20)19-9-3-1-4-10-19/h1-14,18H,15-17H2,(H,28,33)(H,29,30,34). The molecule has 0 saturated carbocycles. The van der Waals surface area contributed by atoms with E-state index in [9.17, 15) is 9.59 Å². The first kappa shape index (κ1) is 21.3. The molecule has 0 aliphatic carbocycles. The van der Waals surface area contributed by atoms with E-state index in [1.807, 2.05) is 77.6 Å². The van der Waals surface area contributed by atoms with E-state index in [2.05, 4.69) is 15.3 Å². The Morgan fingerprint density at radius 3 is 2.41 bits per heavy atom. The van der Waals surface area contributed by atoms with Gasteiger partial charge in [-0.25, -0.2) is 9.67 Å². The van der Waals surface area contributed by atoms with E-state index in [1.165, 1.54) is 0 Å². The van der Waals surface area contributed by atoms with Crippen molar-refractivity contribution < 1.29 is 4.79 Å². The van der Waals surface area contributed by atoms with Crippen molar-refractivity contribution in [2.45, 2.75) is 19.4 Å². The highest BCUT2D eigenvalue weighted by molar-refractivity contribution is 5.78. The number of nitrogens with zero attached hydrogens (tertiary/aromatic N) is 3. The third kappa shape index (κ3) is 4.63. The molecule has 3 aromatic carbocycles. The second-order valence-corrected chi connectivity index (χ2v) is 7.96. The Morgan fingerprint density at radius 1 is 0.912 bits per heavy atom. The number of aromatic amines is 1. The Hall–Kier alpha value is -4.52. The second-order valence-electron chi connectivity index (χ2n) is 7.96. The van der Waals surface area contributed by atoms with E-state index in [0.717, 1.165) is 22.5 Å². The lowest BCUT2D eigenvalue weighted by Crippen LogP contribution is -2.24. The van der Waals surface area contributed by atoms with E-state index >= 15 is 0 Å². The SMILES string of the molecule is O=C(CCc1nc2ccccc2c(=O)[nH]1)NCc1cn(-c2ccccc2)nc1-c1ccccc1. The van der Waals surface area contributed by atoms with Crippen molar-refractivity contribution in [3.63, 3.8) is 0 Å². The fourth-order valence-corrected chi connectivity index (χ4v) is 3.86. The summed E-state index contributed by atoms with van der Waals surface area (Å²) in [7, 11) is 0. The first-order valence-corrected chi connectivity index (χ1v) is 11.1. The molecule has 5 rings (SSSR count). The minimum Gasteiger partial charge on any atom is -0.352 e. The number of amides is 1. The van der Waals surface area contributed by atoms with Gasteiger partial charge in [0.05, 0.1) is 22.3 Å². The van der Waals surface area contributed by atoms with Crippen LogP contribution in [0.2, 0.25) is 0 Å². The van der Waals surface area contributed by atoms with Crippen molar-refractivity contribution >= 4 is 16.8 Å². The van der Waals surface area contributed by atoms with E-state index in [0.29, 0.717) is 29.7 Å². The third-order valence-electron chi connectivity index (χ3n) is 5.58. The molecule has 0 bridgehead atoms. The molecule has 34 heavy (non-hydrogen) atoms. The number of carbonyl (C=O) groups excluding carboxylic acids is 1. The van der Waals surface area contributed by atoms with Gasteiger partial charge in [-0.05, 0) is 24.3 Å². The van der Waals surface area contributed by atoms with Crippen molar-refractivity contribution in [1.82, 2.24) is 25.1 Å². The molecule has 0 saturated heterocycles. The van der Waals surface area contributed by atoms with E-state index in [4.69, 9.17) is 5.10 Å². The molecule has 2 aromatic heterocycles. The van der Waals surface area contributed by atoms with Crippen molar-refractivity contribution in [2.75, 3.05) is 0 Å². The van der Waals surface area contributed by atoms with Gasteiger partial charge < -0.3 is 10.3 Å². The molecular weight excluding hydrogens is 426 g/mol. The smallest absolute Gasteiger partial charge is 0.258 e. The number of fused-ring (bicyclic) bond motifs is 1. The quantitative estimate of drug-likeness (QED) is 0.392. The highest BCUT2D eigenvalue weighted by Crippen LogP contribution is 2.23. The number of carbonyl (C=O) groups is 1. The van der Waals surface area contributed by atoms with Crippen LogP contribution in [0.25, 0.3) is 27.8 Å². The summed E-state index contributed by atoms with van der Waals surface area (Å²) in [5.74, 6) is 0.378. The Morgan fingerprint density at radius 2 is 1.62 bits per heavy atom. The number of aryl methyl sites for hydroxylation is 1. The van der Waals surface area contributed by atoms with Crippen LogP contribution in [-0.4, -0.2) is 25.7 Å². The Kier molecular flexibility index (Phi) is 5.99. The molecule has 2 heterocycles. The van der Waals surface area contributed by atoms with Crippen molar-refractivity contribution in [3.05, 3.63) is 113 Å². The number of aromatic nitrogens is 4. The summed E-state index contributed by atoms with van der Waals surface area (Å²) >= 11 is 0. The van der Waals surface area contributed by atoms with E-state index in [-0.39, 0.29) is 17.9 Å². The minimum absolute atomic E-state index is 0.123. The topological polar surface area (TPSA) is 92.7 Å². The van der Waals surface area contributed by atoms with Gasteiger partial charge in [0.25, 0.3) is 5.56 Å². The van der Waals surface area contributed by atoms with Gasteiger partial charge in [-0.2, -0.15) is 5.10 Å². The van der Waals surface area contributed by atoms with Gasteiger partial charge in [-0.1, -0.05) is 60.7 Å². The first-order chi connectivity index (χ1) is 16.7. The van der Waals surface area contributed by atoms with Crippen LogP contribution in [0, 0.1) is 0 Å². The summed E-state index contributed by atoms with van der Waals surface area (Å²) in [4.78, 5) is 32.1. The maximum atomic E-state index is 12.6. The zero-order valence-electron chi connectivity index (χ0n) is 18.4. The Labute approximate surface area is 196 Å². The molecule has 0 radical (unpaired) electrons. The van der Waals surface area contributed by atoms with Crippen LogP contribution in [0.5, 0.6) is 0 Å². The van der Waals surface area contributed by atoms with Crippen LogP contribution in [0.3, 0.4) is 0 Å². The third-order valence-corrected chi connectivity index (χ3v) is 5.58. The summed E-state index contributed by atoms with van der Waals surface area (Å²) in [6, 6.07) is 26.9. The maximum Gasteiger partial charge on any atom is 0.258 e. The number of benzene rings is 3. The normalized spacial score (nSPS) is 10.9. The monoisotopic (exact) mass is 449 g/mol. The van der Waals surface area contributed by atoms with Gasteiger partial charge in [-0.3, -0.25) is 9.59 Å². The van der Waals surface area contributed by atoms with Gasteiger partial charge in [0.1, 0.15) is 5.82 Å². The van der Waals surface area contributed by atoms with Crippen LogP contribution in [-0.2, 0) is 17.8 Å². The lowest BCUT2D eigenvalue weighted by molar-refractivity contribution is -0.121. The molecule has 0 spiro atoms. The molecule has 0 fully saturated rings. The molecule has 0 aliphatic rings. The van der Waals surface area contributed by atoms with E-state index < -0.39 is 0 Å². The minimum atomic E-state index is -0.193. The fraction of sp³-hybridized carbons (Fsp3) is 0.111. The number of rotatable bonds is 7. The van der Waals surface area contributed by atoms with Gasteiger partial charge in [0, 0.05) is 36.7 Å². The predicted molar refractivity (Wildman–Crippen MR) is 132 cm³/mol. The molecule has 7 heteroatoms. The van der Waals surface area contributed by atoms with Crippen LogP contribution in [0.4, 0.5) is 0 Å². The summed E-state index contributed by atoms with van der Waals surface area (Å²) in [5, 5.41) is 8.30. The molecule has 1 amide bonds. The summed E-state index contributed by atoms with van der Waals surface area (Å²) < 4.78 is 1.83. The van der Waals surface area contributed by atoms with Crippen molar-refractivity contribution in [3.8, 4) is 16.9 Å². The lowest BCUT2D eigenvalue weighted by atomic mass is 10.1. The fourth-order valence-electron chi connectivity index (χ4n) is 3.86. The first-order valence-electron chi connectivity index (χ1n) is 11.1. The zero-order valence-corrected chi connectivity index (χ0v) is 18.4. The molecule has 5 aromatic rings. The summed E-state index contributed by atoms with van der Waals surface area (Å²) in [6.07, 6.45) is 2.51. The Balaban J connectivity index is 1.30. The van der Waals surface area contributed by atoms with Crippen LogP contribution in [0.1, 0.15) is 17.8 Å². The van der Waals surface area contributed by atoms with Crippen LogP contribution >= 0.6 is 0 Å². The average Bonchev–Trinajstić information content (AvgIpc) is 3.32. The van der Waals surface area contributed by atoms with Gasteiger partial charge in [0.2, 0.25) is 5.91 Å². The lowest BCUT2D eigenvalue weighted by Gasteiger charge is -2.06. The number of H-pyrrole nitrogens is 1. The molecule has 0 aliphatic heterocycles. The molecule has 0 unspecified atom stereocenters. The average molecular weight is 450 g/mol. The van der Waals surface area contributed by atoms with Crippen molar-refractivity contribution in [2.24, 2.45) is 0 Å². The highest BCUT2D eigenvalue weighted by Gasteiger charge is 2.14. The second kappa shape index (κ2) is 9.54. The molecule has 2 N–H and O–H groups in total. The number of hydrogen-bond donors (Lipinski definition) is 2. The summed E-state index contributed by atoms with van der Waals surface area (Å²) in [6.45, 7) is 0.345. The van der Waals surface area contributed by atoms with Crippen molar-refractivity contribution in [1.29, 1.82) is 0 Å². The van der Waals surface area contributed by atoms with Crippen LogP contribution < -0.4 is 10.9 Å². The Bertz CT molecular complexity index is 1490. The molecule has 168 valence electrons. The number of nitrogens with one attached hydrogen (secondary N) is 2. The van der Waals surface area contributed by atoms with Gasteiger partial charge in [0.15, 0.2) is 0 Å². The van der Waals surface area contributed by atoms with Gasteiger partial charge >= 0.3 is 0 Å². The largest absolute Gasteiger partial charge is 0.352 e. The number of para-hydroxylation sites is 2. The summed E-state index contributed by atoms with van der Waals surface area (Å²) in [5.41, 5.74) is 4.11.